The third kappa shape index (κ3) is 7.22. The van der Waals surface area contributed by atoms with Crippen LogP contribution in [0.25, 0.3) is 0 Å². The number of carbonyl (C=O) groups excluding carboxylic acids is 1. The highest BCUT2D eigenvalue weighted by Gasteiger charge is 2.20. The molecule has 0 amide bonds. The van der Waals surface area contributed by atoms with Crippen molar-refractivity contribution < 1.29 is 14.6 Å². The maximum Gasteiger partial charge on any atom is 0.334 e. The van der Waals surface area contributed by atoms with E-state index in [0.717, 1.165) is 19.3 Å². The summed E-state index contributed by atoms with van der Waals surface area (Å²) in [5.41, 5.74) is 0. The Morgan fingerprint density at radius 3 is 2.61 bits per heavy atom. The van der Waals surface area contributed by atoms with E-state index in [4.69, 9.17) is 4.74 Å². The van der Waals surface area contributed by atoms with Crippen LogP contribution >= 0.6 is 12.4 Å². The molecule has 1 N–H and O–H groups in total. The average molecular weight is 279 g/mol. The molecule has 1 fully saturated rings. The second-order valence-electron chi connectivity index (χ2n) is 5.12. The molecule has 0 unspecified atom stereocenters. The number of unbranched alkanes of at least 4 members (excludes halogenated alkanes) is 1. The summed E-state index contributed by atoms with van der Waals surface area (Å²) < 4.78 is 5.00. The van der Waals surface area contributed by atoms with Crippen LogP contribution in [-0.4, -0.2) is 23.8 Å². The Kier molecular flexibility index (Phi) is 10.5. The molecule has 1 aliphatic carbocycles. The van der Waals surface area contributed by atoms with Crippen LogP contribution in [-0.2, 0) is 9.53 Å². The van der Waals surface area contributed by atoms with E-state index < -0.39 is 12.1 Å². The summed E-state index contributed by atoms with van der Waals surface area (Å²) in [6, 6.07) is 0. The minimum absolute atomic E-state index is 0. The third-order valence-electron chi connectivity index (χ3n) is 3.59. The van der Waals surface area contributed by atoms with Gasteiger partial charge in [0.25, 0.3) is 0 Å². The Morgan fingerprint density at radius 2 is 2.00 bits per heavy atom. The van der Waals surface area contributed by atoms with Gasteiger partial charge in [0.1, 0.15) is 0 Å². The minimum Gasteiger partial charge on any atom is -0.464 e. The highest BCUT2D eigenvalue weighted by molar-refractivity contribution is 5.85. The number of carbonyl (C=O) groups is 1. The monoisotopic (exact) mass is 278 g/mol. The molecular weight excluding hydrogens is 252 g/mol. The molecule has 3 nitrogen and oxygen atoms in total. The maximum absolute atomic E-state index is 11.4. The summed E-state index contributed by atoms with van der Waals surface area (Å²) in [6.07, 6.45) is 8.98. The van der Waals surface area contributed by atoms with E-state index in [0.29, 0.717) is 18.9 Å². The van der Waals surface area contributed by atoms with Gasteiger partial charge in [0.05, 0.1) is 6.61 Å². The molecule has 0 heterocycles. The molecule has 1 saturated carbocycles. The van der Waals surface area contributed by atoms with Gasteiger partial charge < -0.3 is 9.84 Å². The fraction of sp³-hybridized carbons (Fsp3) is 0.929. The third-order valence-corrected chi connectivity index (χ3v) is 3.59. The van der Waals surface area contributed by atoms with Gasteiger partial charge in [-0.15, -0.1) is 12.4 Å². The van der Waals surface area contributed by atoms with Crippen molar-refractivity contribution >= 4 is 18.4 Å². The zero-order chi connectivity index (χ0) is 12.5. The number of ether oxygens (including phenoxy) is 1. The summed E-state index contributed by atoms with van der Waals surface area (Å²) in [6.45, 7) is 2.49. The molecule has 0 spiro atoms. The van der Waals surface area contributed by atoms with Crippen LogP contribution in [0, 0.1) is 5.92 Å². The minimum atomic E-state index is -0.909. The normalized spacial score (nSPS) is 17.9. The first-order valence-corrected chi connectivity index (χ1v) is 7.08. The number of esters is 1. The van der Waals surface area contributed by atoms with Gasteiger partial charge in [-0.3, -0.25) is 0 Å². The predicted octanol–water partition coefficient (Wildman–Crippen LogP) is 3.47. The molecule has 1 rings (SSSR count). The zero-order valence-corrected chi connectivity index (χ0v) is 12.2. The maximum atomic E-state index is 11.4. The molecule has 1 aliphatic rings. The molecule has 0 aromatic carbocycles. The highest BCUT2D eigenvalue weighted by Crippen LogP contribution is 2.27. The van der Waals surface area contributed by atoms with Gasteiger partial charge in [0.15, 0.2) is 6.10 Å². The van der Waals surface area contributed by atoms with Gasteiger partial charge in [-0.25, -0.2) is 4.79 Å². The van der Waals surface area contributed by atoms with Crippen LogP contribution in [0.15, 0.2) is 0 Å². The standard InChI is InChI=1S/C14H26O3.ClH/c1-2-3-11-17-14(16)13(15)10-9-12-7-5-4-6-8-12;/h12-13,15H,2-11H2,1H3;1H/t13-;/m1./s1. The van der Waals surface area contributed by atoms with E-state index in [-0.39, 0.29) is 12.4 Å². The lowest BCUT2D eigenvalue weighted by molar-refractivity contribution is -0.154. The first kappa shape index (κ1) is 17.7. The van der Waals surface area contributed by atoms with Crippen molar-refractivity contribution in [2.45, 2.75) is 70.8 Å². The fourth-order valence-corrected chi connectivity index (χ4v) is 2.40. The van der Waals surface area contributed by atoms with Gasteiger partial charge in [-0.05, 0) is 25.2 Å². The summed E-state index contributed by atoms with van der Waals surface area (Å²) in [4.78, 5) is 11.4. The predicted molar refractivity (Wildman–Crippen MR) is 74.9 cm³/mol. The molecule has 0 aromatic heterocycles. The molecule has 0 bridgehead atoms. The van der Waals surface area contributed by atoms with Gasteiger partial charge >= 0.3 is 5.97 Å². The lowest BCUT2D eigenvalue weighted by Gasteiger charge is -2.22. The van der Waals surface area contributed by atoms with Gasteiger partial charge in [0.2, 0.25) is 0 Å². The summed E-state index contributed by atoms with van der Waals surface area (Å²) in [5.74, 6) is 0.274. The van der Waals surface area contributed by atoms with Gasteiger partial charge in [-0.1, -0.05) is 45.4 Å². The first-order valence-electron chi connectivity index (χ1n) is 7.08. The second-order valence-corrected chi connectivity index (χ2v) is 5.12. The largest absolute Gasteiger partial charge is 0.464 e. The highest BCUT2D eigenvalue weighted by atomic mass is 35.5. The summed E-state index contributed by atoms with van der Waals surface area (Å²) in [5, 5.41) is 9.67. The van der Waals surface area contributed by atoms with E-state index in [2.05, 4.69) is 0 Å². The molecule has 108 valence electrons. The van der Waals surface area contributed by atoms with Crippen LogP contribution in [0.1, 0.15) is 64.7 Å². The Hall–Kier alpha value is -0.280. The first-order chi connectivity index (χ1) is 8.24. The second kappa shape index (κ2) is 10.6. The van der Waals surface area contributed by atoms with E-state index >= 15 is 0 Å². The van der Waals surface area contributed by atoms with Crippen molar-refractivity contribution in [3.8, 4) is 0 Å². The Morgan fingerprint density at radius 1 is 1.33 bits per heavy atom. The van der Waals surface area contributed by atoms with Crippen molar-refractivity contribution in [3.63, 3.8) is 0 Å². The van der Waals surface area contributed by atoms with Gasteiger partial charge in [-0.2, -0.15) is 0 Å². The van der Waals surface area contributed by atoms with Crippen molar-refractivity contribution in [2.24, 2.45) is 5.92 Å². The van der Waals surface area contributed by atoms with E-state index in [1.165, 1.54) is 32.1 Å². The number of aliphatic hydroxyl groups is 1. The van der Waals surface area contributed by atoms with Crippen LogP contribution in [0.4, 0.5) is 0 Å². The SMILES string of the molecule is CCCCOC(=O)[C@H](O)CCC1CCCCC1.Cl. The molecule has 4 heteroatoms. The lowest BCUT2D eigenvalue weighted by atomic mass is 9.85. The molecule has 18 heavy (non-hydrogen) atoms. The summed E-state index contributed by atoms with van der Waals surface area (Å²) in [7, 11) is 0. The average Bonchev–Trinajstić information content (AvgIpc) is 2.37. The summed E-state index contributed by atoms with van der Waals surface area (Å²) >= 11 is 0. The lowest BCUT2D eigenvalue weighted by Crippen LogP contribution is -2.24. The molecular formula is C14H27ClO3. The van der Waals surface area contributed by atoms with Crippen LogP contribution in [0.3, 0.4) is 0 Å². The Balaban J connectivity index is 0.00000289. The number of rotatable bonds is 7. The molecule has 1 atom stereocenters. The number of aliphatic hydroxyl groups excluding tert-OH is 1. The van der Waals surface area contributed by atoms with Crippen LogP contribution in [0.2, 0.25) is 0 Å². The zero-order valence-electron chi connectivity index (χ0n) is 11.4. The molecule has 0 aliphatic heterocycles. The molecule has 0 saturated heterocycles. The fourth-order valence-electron chi connectivity index (χ4n) is 2.40. The molecule has 0 radical (unpaired) electrons. The molecule has 0 aromatic rings. The number of hydrogen-bond acceptors (Lipinski definition) is 3. The number of halogens is 1. The van der Waals surface area contributed by atoms with Crippen LogP contribution in [0.5, 0.6) is 0 Å². The van der Waals surface area contributed by atoms with Crippen LogP contribution < -0.4 is 0 Å². The van der Waals surface area contributed by atoms with Crippen molar-refractivity contribution in [1.82, 2.24) is 0 Å². The van der Waals surface area contributed by atoms with E-state index in [1.807, 2.05) is 6.92 Å². The Bertz CT molecular complexity index is 215. The van der Waals surface area contributed by atoms with Gasteiger partial charge in [0, 0.05) is 0 Å². The van der Waals surface area contributed by atoms with E-state index in [9.17, 15) is 9.90 Å². The topological polar surface area (TPSA) is 46.5 Å². The van der Waals surface area contributed by atoms with E-state index in [1.54, 1.807) is 0 Å². The van der Waals surface area contributed by atoms with Crippen molar-refractivity contribution in [1.29, 1.82) is 0 Å². The number of hydrogen-bond donors (Lipinski definition) is 1. The quantitative estimate of drug-likeness (QED) is 0.573. The smallest absolute Gasteiger partial charge is 0.334 e. The van der Waals surface area contributed by atoms with Crippen molar-refractivity contribution in [3.05, 3.63) is 0 Å². The Labute approximate surface area is 117 Å². The van der Waals surface area contributed by atoms with Crippen molar-refractivity contribution in [2.75, 3.05) is 6.61 Å².